The average Bonchev–Trinajstić information content (AvgIpc) is 2.88. The molecule has 3 N–H and O–H groups in total. The zero-order valence-electron chi connectivity index (χ0n) is 12.4. The zero-order chi connectivity index (χ0) is 15.6. The van der Waals surface area contributed by atoms with Gasteiger partial charge in [-0.3, -0.25) is 0 Å². The molecule has 2 aromatic heterocycles. The Morgan fingerprint density at radius 3 is 2.71 bits per heavy atom. The number of rotatable bonds is 3. The van der Waals surface area contributed by atoms with Gasteiger partial charge < -0.3 is 15.8 Å². The maximum Gasteiger partial charge on any atom is 0.341 e. The predicted molar refractivity (Wildman–Crippen MR) is 84.1 cm³/mol. The van der Waals surface area contributed by atoms with Crippen LogP contribution in [0.2, 0.25) is 0 Å². The third-order valence-electron chi connectivity index (χ3n) is 2.81. The smallest absolute Gasteiger partial charge is 0.341 e. The van der Waals surface area contributed by atoms with Crippen molar-refractivity contribution in [2.75, 3.05) is 18.2 Å². The van der Waals surface area contributed by atoms with Gasteiger partial charge in [-0.1, -0.05) is 20.8 Å². The van der Waals surface area contributed by atoms with Gasteiger partial charge in [0, 0.05) is 10.8 Å². The number of methoxy groups -OCH3 is 1. The van der Waals surface area contributed by atoms with Gasteiger partial charge in [-0.2, -0.15) is 0 Å². The molecule has 2 heterocycles. The third kappa shape index (κ3) is 3.49. The van der Waals surface area contributed by atoms with Crippen LogP contribution in [0.25, 0.3) is 0 Å². The highest BCUT2D eigenvalue weighted by molar-refractivity contribution is 7.13. The molecule has 0 saturated carbocycles. The molecule has 2 rings (SSSR count). The predicted octanol–water partition coefficient (Wildman–Crippen LogP) is 2.95. The standard InChI is InChI=1S/C14H18N4O2S/c1-14(2,3)10-7-21-13(17-10)18-11-9(12(19)20-4)5-8(15)6-16-11/h5-7H,15H2,1-4H3,(H,16,17,18). The van der Waals surface area contributed by atoms with Gasteiger partial charge in [-0.15, -0.1) is 11.3 Å². The highest BCUT2D eigenvalue weighted by Crippen LogP contribution is 2.29. The van der Waals surface area contributed by atoms with Crippen molar-refractivity contribution < 1.29 is 9.53 Å². The van der Waals surface area contributed by atoms with Gasteiger partial charge in [0.25, 0.3) is 0 Å². The van der Waals surface area contributed by atoms with Crippen molar-refractivity contribution in [3.8, 4) is 0 Å². The topological polar surface area (TPSA) is 90.1 Å². The summed E-state index contributed by atoms with van der Waals surface area (Å²) >= 11 is 1.46. The molecule has 0 aliphatic heterocycles. The van der Waals surface area contributed by atoms with Crippen molar-refractivity contribution in [3.63, 3.8) is 0 Å². The van der Waals surface area contributed by atoms with E-state index in [1.165, 1.54) is 30.7 Å². The quantitative estimate of drug-likeness (QED) is 0.847. The summed E-state index contributed by atoms with van der Waals surface area (Å²) in [6.45, 7) is 6.27. The number of aromatic nitrogens is 2. The van der Waals surface area contributed by atoms with Crippen molar-refractivity contribution in [2.45, 2.75) is 26.2 Å². The first kappa shape index (κ1) is 15.2. The van der Waals surface area contributed by atoms with Crippen LogP contribution in [0, 0.1) is 0 Å². The molecule has 0 aromatic carbocycles. The average molecular weight is 306 g/mol. The number of nitrogen functional groups attached to an aromatic ring is 1. The fourth-order valence-corrected chi connectivity index (χ4v) is 2.56. The van der Waals surface area contributed by atoms with Crippen LogP contribution in [-0.4, -0.2) is 23.0 Å². The number of thiazole rings is 1. The molecular formula is C14H18N4O2S. The number of nitrogens with two attached hydrogens (primary N) is 1. The van der Waals surface area contributed by atoms with Crippen LogP contribution >= 0.6 is 11.3 Å². The number of pyridine rings is 1. The van der Waals surface area contributed by atoms with E-state index in [9.17, 15) is 4.79 Å². The van der Waals surface area contributed by atoms with E-state index in [1.54, 1.807) is 0 Å². The van der Waals surface area contributed by atoms with Crippen LogP contribution in [0.15, 0.2) is 17.6 Å². The minimum absolute atomic E-state index is 0.0316. The van der Waals surface area contributed by atoms with Crippen LogP contribution in [0.3, 0.4) is 0 Å². The lowest BCUT2D eigenvalue weighted by Gasteiger charge is -2.14. The summed E-state index contributed by atoms with van der Waals surface area (Å²) in [6, 6.07) is 1.53. The number of esters is 1. The highest BCUT2D eigenvalue weighted by Gasteiger charge is 2.19. The van der Waals surface area contributed by atoms with Crippen molar-refractivity contribution in [3.05, 3.63) is 28.9 Å². The van der Waals surface area contributed by atoms with E-state index in [2.05, 4.69) is 36.1 Å². The van der Waals surface area contributed by atoms with Gasteiger partial charge in [0.1, 0.15) is 11.4 Å². The Labute approximate surface area is 127 Å². The number of hydrogen-bond donors (Lipinski definition) is 2. The number of nitrogens with one attached hydrogen (secondary N) is 1. The van der Waals surface area contributed by atoms with E-state index < -0.39 is 5.97 Å². The molecule has 21 heavy (non-hydrogen) atoms. The second-order valence-electron chi connectivity index (χ2n) is 5.57. The van der Waals surface area contributed by atoms with Crippen LogP contribution in [0.4, 0.5) is 16.6 Å². The lowest BCUT2D eigenvalue weighted by Crippen LogP contribution is -2.12. The molecule has 0 atom stereocenters. The third-order valence-corrected chi connectivity index (χ3v) is 3.57. The fraction of sp³-hybridized carbons (Fsp3) is 0.357. The second-order valence-corrected chi connectivity index (χ2v) is 6.43. The minimum atomic E-state index is -0.495. The molecule has 0 fully saturated rings. The van der Waals surface area contributed by atoms with Gasteiger partial charge >= 0.3 is 5.97 Å². The number of ether oxygens (including phenoxy) is 1. The van der Waals surface area contributed by atoms with E-state index >= 15 is 0 Å². The zero-order valence-corrected chi connectivity index (χ0v) is 13.2. The molecule has 0 radical (unpaired) electrons. The van der Waals surface area contributed by atoms with Gasteiger partial charge in [-0.25, -0.2) is 14.8 Å². The van der Waals surface area contributed by atoms with Crippen LogP contribution < -0.4 is 11.1 Å². The van der Waals surface area contributed by atoms with Gasteiger partial charge in [0.15, 0.2) is 5.13 Å². The fourth-order valence-electron chi connectivity index (χ4n) is 1.62. The summed E-state index contributed by atoms with van der Waals surface area (Å²) in [7, 11) is 1.32. The maximum atomic E-state index is 11.8. The van der Waals surface area contributed by atoms with Crippen LogP contribution in [0.1, 0.15) is 36.8 Å². The molecule has 0 spiro atoms. The largest absolute Gasteiger partial charge is 0.465 e. The summed E-state index contributed by atoms with van der Waals surface area (Å²) in [6.07, 6.45) is 1.48. The molecular weight excluding hydrogens is 288 g/mol. The molecule has 0 aliphatic carbocycles. The number of anilines is 3. The number of hydrogen-bond acceptors (Lipinski definition) is 7. The highest BCUT2D eigenvalue weighted by atomic mass is 32.1. The minimum Gasteiger partial charge on any atom is -0.465 e. The summed E-state index contributed by atoms with van der Waals surface area (Å²) in [5.74, 6) is -0.115. The first-order valence-corrected chi connectivity index (χ1v) is 7.26. The monoisotopic (exact) mass is 306 g/mol. The van der Waals surface area contributed by atoms with E-state index in [1.807, 2.05) is 5.38 Å². The lowest BCUT2D eigenvalue weighted by molar-refractivity contribution is 0.0601. The molecule has 0 aliphatic rings. The van der Waals surface area contributed by atoms with E-state index in [0.717, 1.165) is 5.69 Å². The molecule has 2 aromatic rings. The van der Waals surface area contributed by atoms with Gasteiger partial charge in [0.05, 0.1) is 24.7 Å². The second kappa shape index (κ2) is 5.69. The Morgan fingerprint density at radius 1 is 1.43 bits per heavy atom. The molecule has 0 bridgehead atoms. The van der Waals surface area contributed by atoms with Crippen molar-refractivity contribution in [1.29, 1.82) is 0 Å². The molecule has 6 nitrogen and oxygen atoms in total. The molecule has 0 amide bonds. The SMILES string of the molecule is COC(=O)c1cc(N)cnc1Nc1nc(C(C)(C)C)cs1. The summed E-state index contributed by atoms with van der Waals surface area (Å²) in [5.41, 5.74) is 7.29. The van der Waals surface area contributed by atoms with E-state index in [4.69, 9.17) is 10.5 Å². The number of carbonyl (C=O) groups is 1. The first-order valence-electron chi connectivity index (χ1n) is 6.38. The Balaban J connectivity index is 2.31. The summed E-state index contributed by atoms with van der Waals surface area (Å²) < 4.78 is 4.74. The Hall–Kier alpha value is -2.15. The van der Waals surface area contributed by atoms with Crippen molar-refractivity contribution >= 4 is 33.9 Å². The maximum absolute atomic E-state index is 11.8. The first-order chi connectivity index (χ1) is 9.81. The summed E-state index contributed by atoms with van der Waals surface area (Å²) in [4.78, 5) is 20.4. The normalized spacial score (nSPS) is 11.2. The van der Waals surface area contributed by atoms with Crippen LogP contribution in [0.5, 0.6) is 0 Å². The molecule has 7 heteroatoms. The Kier molecular flexibility index (Phi) is 4.13. The van der Waals surface area contributed by atoms with Crippen molar-refractivity contribution in [2.24, 2.45) is 0 Å². The van der Waals surface area contributed by atoms with E-state index in [0.29, 0.717) is 16.6 Å². The summed E-state index contributed by atoms with van der Waals surface area (Å²) in [5, 5.41) is 5.70. The van der Waals surface area contributed by atoms with Crippen LogP contribution in [-0.2, 0) is 10.2 Å². The lowest BCUT2D eigenvalue weighted by atomic mass is 9.93. The van der Waals surface area contributed by atoms with Crippen molar-refractivity contribution in [1.82, 2.24) is 9.97 Å². The number of carbonyl (C=O) groups excluding carboxylic acids is 1. The molecule has 0 unspecified atom stereocenters. The number of nitrogens with zero attached hydrogens (tertiary/aromatic N) is 2. The molecule has 0 saturated heterocycles. The Bertz CT molecular complexity index is 661. The van der Waals surface area contributed by atoms with E-state index in [-0.39, 0.29) is 11.0 Å². The van der Waals surface area contributed by atoms with Gasteiger partial charge in [-0.05, 0) is 6.07 Å². The molecule has 112 valence electrons. The van der Waals surface area contributed by atoms with Gasteiger partial charge in [0.2, 0.25) is 0 Å². The Morgan fingerprint density at radius 2 is 2.14 bits per heavy atom.